The summed E-state index contributed by atoms with van der Waals surface area (Å²) < 4.78 is 0. The van der Waals surface area contributed by atoms with Crippen LogP contribution in [0.25, 0.3) is 0 Å². The van der Waals surface area contributed by atoms with Crippen LogP contribution in [0.1, 0.15) is 13.8 Å². The zero-order valence-electron chi connectivity index (χ0n) is 8.47. The van der Waals surface area contributed by atoms with E-state index < -0.39 is 0 Å². The Bertz CT molecular complexity index is 321. The van der Waals surface area contributed by atoms with Crippen LogP contribution in [0.3, 0.4) is 0 Å². The van der Waals surface area contributed by atoms with Gasteiger partial charge in [-0.15, -0.1) is 0 Å². The van der Waals surface area contributed by atoms with E-state index in [-0.39, 0.29) is 0 Å². The lowest BCUT2D eigenvalue weighted by Crippen LogP contribution is -2.02. The molecular formula is C11H15ClN2. The molecule has 0 amide bonds. The van der Waals surface area contributed by atoms with Gasteiger partial charge in [0.2, 0.25) is 0 Å². The summed E-state index contributed by atoms with van der Waals surface area (Å²) in [4.78, 5) is 0. The highest BCUT2D eigenvalue weighted by Crippen LogP contribution is 2.27. The van der Waals surface area contributed by atoms with Crippen LogP contribution in [-0.4, -0.2) is 6.54 Å². The van der Waals surface area contributed by atoms with Gasteiger partial charge in [-0.2, -0.15) is 0 Å². The molecule has 0 heterocycles. The van der Waals surface area contributed by atoms with Crippen molar-refractivity contribution in [3.8, 4) is 0 Å². The number of halogens is 1. The average molecular weight is 211 g/mol. The summed E-state index contributed by atoms with van der Waals surface area (Å²) in [5, 5.41) is 3.84. The lowest BCUT2D eigenvalue weighted by molar-refractivity contribution is 1.26. The number of hydrogen-bond donors (Lipinski definition) is 2. The predicted octanol–water partition coefficient (Wildman–Crippen LogP) is 3.30. The fourth-order valence-electron chi connectivity index (χ4n) is 1.08. The maximum Gasteiger partial charge on any atom is 0.0765 e. The highest BCUT2D eigenvalue weighted by molar-refractivity contribution is 6.33. The topological polar surface area (TPSA) is 38.0 Å². The number of allylic oxidation sites excluding steroid dienone is 1. The maximum absolute atomic E-state index is 5.98. The van der Waals surface area contributed by atoms with E-state index >= 15 is 0 Å². The second-order valence-electron chi connectivity index (χ2n) is 3.37. The van der Waals surface area contributed by atoms with Crippen molar-refractivity contribution in [1.82, 2.24) is 0 Å². The molecule has 0 aliphatic rings. The van der Waals surface area contributed by atoms with E-state index in [1.807, 2.05) is 18.2 Å². The first kappa shape index (κ1) is 10.9. The Morgan fingerprint density at radius 2 is 2.21 bits per heavy atom. The summed E-state index contributed by atoms with van der Waals surface area (Å²) in [5.74, 6) is 0. The molecule has 0 fully saturated rings. The van der Waals surface area contributed by atoms with Crippen LogP contribution in [0.4, 0.5) is 11.4 Å². The van der Waals surface area contributed by atoms with Crippen LogP contribution in [0.15, 0.2) is 29.8 Å². The number of benzene rings is 1. The van der Waals surface area contributed by atoms with Crippen LogP contribution in [0, 0.1) is 0 Å². The molecule has 2 nitrogen and oxygen atoms in total. The molecule has 1 aromatic rings. The van der Waals surface area contributed by atoms with Gasteiger partial charge in [-0.3, -0.25) is 0 Å². The van der Waals surface area contributed by atoms with E-state index in [1.165, 1.54) is 5.57 Å². The SMILES string of the molecule is CC(C)=CCNc1c(N)cccc1Cl. The summed E-state index contributed by atoms with van der Waals surface area (Å²) >= 11 is 5.98. The second kappa shape index (κ2) is 4.91. The van der Waals surface area contributed by atoms with Crippen molar-refractivity contribution in [3.05, 3.63) is 34.9 Å². The van der Waals surface area contributed by atoms with E-state index in [9.17, 15) is 0 Å². The first-order valence-corrected chi connectivity index (χ1v) is 4.90. The minimum Gasteiger partial charge on any atom is -0.397 e. The number of nitrogens with one attached hydrogen (secondary N) is 1. The predicted molar refractivity (Wildman–Crippen MR) is 63.8 cm³/mol. The second-order valence-corrected chi connectivity index (χ2v) is 3.77. The van der Waals surface area contributed by atoms with Gasteiger partial charge in [0.1, 0.15) is 0 Å². The van der Waals surface area contributed by atoms with Crippen molar-refractivity contribution in [3.63, 3.8) is 0 Å². The maximum atomic E-state index is 5.98. The van der Waals surface area contributed by atoms with Crippen molar-refractivity contribution in [1.29, 1.82) is 0 Å². The molecule has 0 aliphatic heterocycles. The van der Waals surface area contributed by atoms with E-state index in [2.05, 4.69) is 25.2 Å². The van der Waals surface area contributed by atoms with E-state index in [0.717, 1.165) is 12.2 Å². The molecule has 0 aliphatic carbocycles. The smallest absolute Gasteiger partial charge is 0.0765 e. The fourth-order valence-corrected chi connectivity index (χ4v) is 1.33. The van der Waals surface area contributed by atoms with Crippen LogP contribution in [0.5, 0.6) is 0 Å². The highest BCUT2D eigenvalue weighted by atomic mass is 35.5. The largest absolute Gasteiger partial charge is 0.397 e. The zero-order chi connectivity index (χ0) is 10.6. The van der Waals surface area contributed by atoms with Crippen LogP contribution < -0.4 is 11.1 Å². The number of rotatable bonds is 3. The van der Waals surface area contributed by atoms with E-state index in [0.29, 0.717) is 10.7 Å². The van der Waals surface area contributed by atoms with Gasteiger partial charge in [-0.25, -0.2) is 0 Å². The molecular weight excluding hydrogens is 196 g/mol. The van der Waals surface area contributed by atoms with Crippen LogP contribution in [0.2, 0.25) is 5.02 Å². The van der Waals surface area contributed by atoms with Gasteiger partial charge < -0.3 is 11.1 Å². The van der Waals surface area contributed by atoms with Crippen molar-refractivity contribution in [2.75, 3.05) is 17.6 Å². The van der Waals surface area contributed by atoms with Crippen molar-refractivity contribution in [2.24, 2.45) is 0 Å². The van der Waals surface area contributed by atoms with Gasteiger partial charge in [0.15, 0.2) is 0 Å². The average Bonchev–Trinajstić information content (AvgIpc) is 2.09. The third-order valence-corrected chi connectivity index (χ3v) is 2.15. The highest BCUT2D eigenvalue weighted by Gasteiger charge is 2.01. The van der Waals surface area contributed by atoms with Crippen LogP contribution in [-0.2, 0) is 0 Å². The van der Waals surface area contributed by atoms with Crippen molar-refractivity contribution in [2.45, 2.75) is 13.8 Å². The Kier molecular flexibility index (Phi) is 3.84. The Hall–Kier alpha value is -1.15. The first-order valence-electron chi connectivity index (χ1n) is 4.52. The molecule has 1 aromatic carbocycles. The minimum atomic E-state index is 0.659. The summed E-state index contributed by atoms with van der Waals surface area (Å²) in [6.07, 6.45) is 2.09. The lowest BCUT2D eigenvalue weighted by Gasteiger charge is -2.09. The molecule has 14 heavy (non-hydrogen) atoms. The molecule has 3 N–H and O–H groups in total. The molecule has 1 rings (SSSR count). The standard InChI is InChI=1S/C11H15ClN2/c1-8(2)6-7-14-11-9(12)4-3-5-10(11)13/h3-6,14H,7,13H2,1-2H3. The molecule has 3 heteroatoms. The molecule has 0 bridgehead atoms. The number of anilines is 2. The lowest BCUT2D eigenvalue weighted by atomic mass is 10.2. The third-order valence-electron chi connectivity index (χ3n) is 1.83. The van der Waals surface area contributed by atoms with Gasteiger partial charge in [-0.05, 0) is 26.0 Å². The van der Waals surface area contributed by atoms with E-state index in [1.54, 1.807) is 0 Å². The summed E-state index contributed by atoms with van der Waals surface area (Å²) in [6, 6.07) is 5.49. The Morgan fingerprint density at radius 1 is 1.50 bits per heavy atom. The molecule has 0 saturated heterocycles. The Morgan fingerprint density at radius 3 is 2.79 bits per heavy atom. The summed E-state index contributed by atoms with van der Waals surface area (Å²) in [7, 11) is 0. The minimum absolute atomic E-state index is 0.659. The Balaban J connectivity index is 2.71. The number of nitrogens with two attached hydrogens (primary N) is 1. The monoisotopic (exact) mass is 210 g/mol. The fraction of sp³-hybridized carbons (Fsp3) is 0.273. The molecule has 0 aromatic heterocycles. The molecule has 76 valence electrons. The Labute approximate surface area is 89.8 Å². The van der Waals surface area contributed by atoms with Gasteiger partial charge >= 0.3 is 0 Å². The molecule has 0 atom stereocenters. The first-order chi connectivity index (χ1) is 6.61. The van der Waals surface area contributed by atoms with Gasteiger partial charge in [-0.1, -0.05) is 29.3 Å². The summed E-state index contributed by atoms with van der Waals surface area (Å²) in [5.41, 5.74) is 8.53. The normalized spacial score (nSPS) is 9.64. The van der Waals surface area contributed by atoms with Gasteiger partial charge in [0.25, 0.3) is 0 Å². The van der Waals surface area contributed by atoms with E-state index in [4.69, 9.17) is 17.3 Å². The zero-order valence-corrected chi connectivity index (χ0v) is 9.23. The van der Waals surface area contributed by atoms with Crippen molar-refractivity contribution >= 4 is 23.0 Å². The number of nitrogen functional groups attached to an aromatic ring is 1. The molecule has 0 spiro atoms. The van der Waals surface area contributed by atoms with Gasteiger partial charge in [0, 0.05) is 6.54 Å². The third kappa shape index (κ3) is 2.96. The van der Waals surface area contributed by atoms with Gasteiger partial charge in [0.05, 0.1) is 16.4 Å². The molecule has 0 radical (unpaired) electrons. The number of para-hydroxylation sites is 1. The summed E-state index contributed by atoms with van der Waals surface area (Å²) in [6.45, 7) is 4.85. The quantitative estimate of drug-likeness (QED) is 0.594. The molecule has 0 unspecified atom stereocenters. The molecule has 0 saturated carbocycles. The number of hydrogen-bond acceptors (Lipinski definition) is 2. The van der Waals surface area contributed by atoms with Crippen LogP contribution >= 0.6 is 11.6 Å². The van der Waals surface area contributed by atoms with Crippen molar-refractivity contribution < 1.29 is 0 Å².